The summed E-state index contributed by atoms with van der Waals surface area (Å²) < 4.78 is 55.5. The highest BCUT2D eigenvalue weighted by Gasteiger charge is 2.30. The van der Waals surface area contributed by atoms with Gasteiger partial charge in [0.25, 0.3) is 5.56 Å². The summed E-state index contributed by atoms with van der Waals surface area (Å²) in [5, 5.41) is 0.371. The number of ether oxygens (including phenoxy) is 2. The summed E-state index contributed by atoms with van der Waals surface area (Å²) in [6.45, 7) is 4.95. The van der Waals surface area contributed by atoms with E-state index in [-0.39, 0.29) is 24.3 Å². The van der Waals surface area contributed by atoms with Crippen molar-refractivity contribution in [3.8, 4) is 11.5 Å². The Labute approximate surface area is 242 Å². The van der Waals surface area contributed by atoms with Gasteiger partial charge in [0.1, 0.15) is 29.0 Å². The van der Waals surface area contributed by atoms with Gasteiger partial charge in [0.05, 0.1) is 15.8 Å². The molecule has 0 aliphatic carbocycles. The molecular formula is C30H32FN3O7S. The number of halogens is 1. The van der Waals surface area contributed by atoms with Crippen LogP contribution in [0.4, 0.5) is 4.39 Å². The molecule has 3 aromatic carbocycles. The maximum atomic E-state index is 13.2. The minimum atomic E-state index is -4.19. The number of hydrogen-bond acceptors (Lipinski definition) is 7. The van der Waals surface area contributed by atoms with Crippen LogP contribution in [0.2, 0.25) is 0 Å². The fourth-order valence-corrected chi connectivity index (χ4v) is 5.51. The van der Waals surface area contributed by atoms with Crippen molar-refractivity contribution in [2.24, 2.45) is 7.05 Å². The molecule has 0 aliphatic heterocycles. The van der Waals surface area contributed by atoms with Gasteiger partial charge < -0.3 is 9.47 Å². The van der Waals surface area contributed by atoms with Crippen molar-refractivity contribution in [3.63, 3.8) is 0 Å². The van der Waals surface area contributed by atoms with Crippen LogP contribution in [-0.4, -0.2) is 35.2 Å². The number of rotatable bonds is 10. The number of fused-ring (bicyclic) bond motifs is 1. The van der Waals surface area contributed by atoms with Gasteiger partial charge in [0, 0.05) is 13.6 Å². The minimum Gasteiger partial charge on any atom is -0.459 e. The van der Waals surface area contributed by atoms with Crippen LogP contribution >= 0.6 is 0 Å². The molecule has 0 bridgehead atoms. The number of carbonyl (C=O) groups is 1. The molecule has 0 amide bonds. The molecule has 1 N–H and O–H groups in total. The predicted molar refractivity (Wildman–Crippen MR) is 156 cm³/mol. The van der Waals surface area contributed by atoms with E-state index in [1.54, 1.807) is 52.1 Å². The first-order chi connectivity index (χ1) is 19.7. The molecular weight excluding hydrogens is 565 g/mol. The third-order valence-corrected chi connectivity index (χ3v) is 7.79. The van der Waals surface area contributed by atoms with Gasteiger partial charge in [-0.2, -0.15) is 4.72 Å². The number of carbonyl (C=O) groups excluding carboxylic acids is 1. The molecule has 42 heavy (non-hydrogen) atoms. The molecule has 0 fully saturated rings. The first kappa shape index (κ1) is 30.7. The molecule has 10 nitrogen and oxygen atoms in total. The normalized spacial score (nSPS) is 12.7. The largest absolute Gasteiger partial charge is 0.459 e. The molecule has 0 saturated carbocycles. The number of esters is 1. The van der Waals surface area contributed by atoms with Gasteiger partial charge in [0.2, 0.25) is 10.0 Å². The Morgan fingerprint density at radius 2 is 1.55 bits per heavy atom. The Morgan fingerprint density at radius 3 is 2.17 bits per heavy atom. The summed E-state index contributed by atoms with van der Waals surface area (Å²) >= 11 is 0. The molecule has 222 valence electrons. The van der Waals surface area contributed by atoms with Crippen molar-refractivity contribution in [2.45, 2.75) is 56.7 Å². The number of benzene rings is 3. The molecule has 4 rings (SSSR count). The van der Waals surface area contributed by atoms with E-state index < -0.39 is 44.7 Å². The van der Waals surface area contributed by atoms with Crippen LogP contribution in [0.1, 0.15) is 33.6 Å². The highest BCUT2D eigenvalue weighted by atomic mass is 32.2. The lowest BCUT2D eigenvalue weighted by atomic mass is 10.1. The predicted octanol–water partition coefficient (Wildman–Crippen LogP) is 4.10. The monoisotopic (exact) mass is 597 g/mol. The topological polar surface area (TPSA) is 126 Å². The lowest BCUT2D eigenvalue weighted by Gasteiger charge is -2.24. The number of aromatic nitrogens is 2. The van der Waals surface area contributed by atoms with Crippen LogP contribution in [0.25, 0.3) is 10.9 Å². The van der Waals surface area contributed by atoms with Crippen molar-refractivity contribution in [1.29, 1.82) is 0 Å². The number of nitrogens with one attached hydrogen (secondary N) is 1. The second kappa shape index (κ2) is 12.3. The highest BCUT2D eigenvalue weighted by Crippen LogP contribution is 2.23. The quantitative estimate of drug-likeness (QED) is 0.273. The molecule has 0 unspecified atom stereocenters. The summed E-state index contributed by atoms with van der Waals surface area (Å²) in [7, 11) is -2.63. The second-order valence-corrected chi connectivity index (χ2v) is 12.4. The lowest BCUT2D eigenvalue weighted by Crippen LogP contribution is -2.44. The molecule has 4 aromatic rings. The van der Waals surface area contributed by atoms with Crippen LogP contribution in [0.3, 0.4) is 0 Å². The first-order valence-electron chi connectivity index (χ1n) is 13.2. The molecule has 0 spiro atoms. The van der Waals surface area contributed by atoms with Crippen molar-refractivity contribution in [1.82, 2.24) is 13.9 Å². The molecule has 1 heterocycles. The molecule has 1 aromatic heterocycles. The third kappa shape index (κ3) is 7.31. The zero-order valence-corrected chi connectivity index (χ0v) is 24.5. The van der Waals surface area contributed by atoms with Gasteiger partial charge in [-0.25, -0.2) is 17.6 Å². The van der Waals surface area contributed by atoms with Gasteiger partial charge in [-0.3, -0.25) is 18.7 Å². The van der Waals surface area contributed by atoms with Gasteiger partial charge in [0.15, 0.2) is 0 Å². The summed E-state index contributed by atoms with van der Waals surface area (Å²) in [5.41, 5.74) is -1.37. The summed E-state index contributed by atoms with van der Waals surface area (Å²) in [4.78, 5) is 38.8. The van der Waals surface area contributed by atoms with E-state index in [0.717, 1.165) is 4.57 Å². The van der Waals surface area contributed by atoms with E-state index in [0.29, 0.717) is 22.4 Å². The van der Waals surface area contributed by atoms with E-state index >= 15 is 0 Å². The van der Waals surface area contributed by atoms with E-state index in [9.17, 15) is 27.2 Å². The molecule has 0 radical (unpaired) electrons. The first-order valence-corrected chi connectivity index (χ1v) is 14.7. The van der Waals surface area contributed by atoms with Gasteiger partial charge in [-0.05, 0) is 94.3 Å². The highest BCUT2D eigenvalue weighted by molar-refractivity contribution is 7.89. The van der Waals surface area contributed by atoms with Crippen LogP contribution in [-0.2, 0) is 33.1 Å². The van der Waals surface area contributed by atoms with Gasteiger partial charge in [-0.1, -0.05) is 12.1 Å². The Kier molecular flexibility index (Phi) is 8.97. The smallest absolute Gasteiger partial charge is 0.331 e. The SMILES string of the molecule is Cn1c(=O)n(CCC[C@@H](NS(=O)(=O)c2ccc(Oc3ccc(F)cc3)cc2)C(=O)OC(C)(C)C)c(=O)c2ccccc21. The zero-order valence-electron chi connectivity index (χ0n) is 23.7. The fraction of sp³-hybridized carbons (Fsp3) is 0.300. The number of sulfonamides is 1. The second-order valence-electron chi connectivity index (χ2n) is 10.7. The number of hydrogen-bond donors (Lipinski definition) is 1. The van der Waals surface area contributed by atoms with Gasteiger partial charge in [-0.15, -0.1) is 0 Å². The summed E-state index contributed by atoms with van der Waals surface area (Å²) in [5.74, 6) is -0.510. The molecule has 0 saturated heterocycles. The Bertz CT molecular complexity index is 1810. The standard InChI is InChI=1S/C30H32FN3O7S/c1-30(2,3)41-28(36)25(9-7-19-34-27(35)24-8-5-6-10-26(24)33(4)29(34)37)32-42(38,39)23-17-15-22(16-18-23)40-21-13-11-20(31)12-14-21/h5-6,8,10-18,25,32H,7,9,19H2,1-4H3/t25-/m1/s1. The average molecular weight is 598 g/mol. The van der Waals surface area contributed by atoms with Crippen LogP contribution in [0.5, 0.6) is 11.5 Å². The van der Waals surface area contributed by atoms with Crippen LogP contribution in [0.15, 0.2) is 87.3 Å². The van der Waals surface area contributed by atoms with E-state index in [2.05, 4.69) is 4.72 Å². The van der Waals surface area contributed by atoms with Crippen molar-refractivity contribution < 1.29 is 27.1 Å². The molecule has 12 heteroatoms. The minimum absolute atomic E-state index is 0.0349. The Morgan fingerprint density at radius 1 is 0.952 bits per heavy atom. The van der Waals surface area contributed by atoms with E-state index in [1.165, 1.54) is 53.1 Å². The van der Waals surface area contributed by atoms with E-state index in [4.69, 9.17) is 9.47 Å². The van der Waals surface area contributed by atoms with Gasteiger partial charge >= 0.3 is 11.7 Å². The van der Waals surface area contributed by atoms with Crippen molar-refractivity contribution in [2.75, 3.05) is 0 Å². The van der Waals surface area contributed by atoms with Crippen LogP contribution in [0, 0.1) is 5.82 Å². The summed E-state index contributed by atoms with van der Waals surface area (Å²) in [6, 6.07) is 16.3. The number of aryl methyl sites for hydroxylation is 1. The Hall–Kier alpha value is -4.29. The van der Waals surface area contributed by atoms with E-state index in [1.807, 2.05) is 0 Å². The zero-order chi connectivity index (χ0) is 30.7. The maximum absolute atomic E-state index is 13.2. The third-order valence-electron chi connectivity index (χ3n) is 6.31. The average Bonchev–Trinajstić information content (AvgIpc) is 2.93. The Balaban J connectivity index is 1.52. The summed E-state index contributed by atoms with van der Waals surface area (Å²) in [6.07, 6.45) is 0.0900. The van der Waals surface area contributed by atoms with Crippen molar-refractivity contribution in [3.05, 3.63) is 99.5 Å². The molecule has 1 atom stereocenters. The maximum Gasteiger partial charge on any atom is 0.331 e. The number of nitrogens with zero attached hydrogens (tertiary/aromatic N) is 2. The lowest BCUT2D eigenvalue weighted by molar-refractivity contribution is -0.157. The fourth-order valence-electron chi connectivity index (χ4n) is 4.29. The van der Waals surface area contributed by atoms with Crippen LogP contribution < -0.4 is 20.7 Å². The van der Waals surface area contributed by atoms with Crippen molar-refractivity contribution >= 4 is 26.9 Å². The number of para-hydroxylation sites is 1. The molecule has 0 aliphatic rings.